The fraction of sp³-hybridized carbons (Fsp3) is 0.222. The van der Waals surface area contributed by atoms with Crippen LogP contribution in [0.1, 0.15) is 5.69 Å². The van der Waals surface area contributed by atoms with Gasteiger partial charge in [-0.2, -0.15) is 0 Å². The Labute approximate surface area is 94.7 Å². The van der Waals surface area contributed by atoms with Crippen molar-refractivity contribution >= 4 is 27.3 Å². The molecule has 5 heteroatoms. The molecule has 2 rings (SSSR count). The minimum absolute atomic E-state index is 0.495. The van der Waals surface area contributed by atoms with E-state index < -0.39 is 0 Å². The Morgan fingerprint density at radius 3 is 2.93 bits per heavy atom. The summed E-state index contributed by atoms with van der Waals surface area (Å²) in [4.78, 5) is 5.59. The molecule has 2 aromatic rings. The number of hydrogen-bond donors (Lipinski definition) is 1. The maximum Gasteiger partial charge on any atom is 0.151 e. The first-order valence-electron chi connectivity index (χ1n) is 4.19. The molecule has 0 aromatic carbocycles. The fourth-order valence-electron chi connectivity index (χ4n) is 1.35. The predicted molar refractivity (Wildman–Crippen MR) is 62.1 cm³/mol. The second kappa shape index (κ2) is 3.84. The Kier molecular flexibility index (Phi) is 2.71. The smallest absolute Gasteiger partial charge is 0.151 e. The highest BCUT2D eigenvalue weighted by Crippen LogP contribution is 2.27. The number of imidazole rings is 1. The van der Waals surface area contributed by atoms with Gasteiger partial charge in [0, 0.05) is 13.6 Å². The molecule has 3 nitrogen and oxygen atoms in total. The maximum atomic E-state index is 5.63. The summed E-state index contributed by atoms with van der Waals surface area (Å²) in [6, 6.07) is 4.07. The van der Waals surface area contributed by atoms with Gasteiger partial charge in [-0.25, -0.2) is 4.98 Å². The molecule has 74 valence electrons. The second-order valence-electron chi connectivity index (χ2n) is 2.91. The van der Waals surface area contributed by atoms with Crippen molar-refractivity contribution in [3.63, 3.8) is 0 Å². The molecule has 2 N–H and O–H groups in total. The van der Waals surface area contributed by atoms with Crippen LogP contribution in [-0.2, 0) is 13.6 Å². The van der Waals surface area contributed by atoms with E-state index in [1.165, 1.54) is 0 Å². The first kappa shape index (κ1) is 9.89. The highest BCUT2D eigenvalue weighted by molar-refractivity contribution is 9.10. The fourth-order valence-corrected chi connectivity index (χ4v) is 2.69. The number of rotatable bonds is 2. The highest BCUT2D eigenvalue weighted by Gasteiger charge is 2.12. The van der Waals surface area contributed by atoms with Crippen LogP contribution in [0.25, 0.3) is 10.7 Å². The van der Waals surface area contributed by atoms with Crippen molar-refractivity contribution in [1.82, 2.24) is 9.55 Å². The van der Waals surface area contributed by atoms with E-state index in [4.69, 9.17) is 5.73 Å². The quantitative estimate of drug-likeness (QED) is 0.912. The van der Waals surface area contributed by atoms with Gasteiger partial charge in [0.25, 0.3) is 0 Å². The predicted octanol–water partition coefficient (Wildman–Crippen LogP) is 2.37. The summed E-state index contributed by atoms with van der Waals surface area (Å²) in [5.74, 6) is 0.965. The molecule has 2 aromatic heterocycles. The minimum atomic E-state index is 0.495. The number of hydrogen-bond acceptors (Lipinski definition) is 3. The number of aromatic nitrogens is 2. The van der Waals surface area contributed by atoms with Crippen LogP contribution in [0.2, 0.25) is 0 Å². The average molecular weight is 272 g/mol. The topological polar surface area (TPSA) is 43.8 Å². The van der Waals surface area contributed by atoms with E-state index in [2.05, 4.69) is 27.0 Å². The van der Waals surface area contributed by atoms with E-state index in [9.17, 15) is 0 Å². The zero-order valence-corrected chi connectivity index (χ0v) is 10.1. The molecule has 0 saturated heterocycles. The Balaban J connectivity index is 2.55. The molecule has 2 heterocycles. The van der Waals surface area contributed by atoms with Crippen molar-refractivity contribution < 1.29 is 0 Å². The van der Waals surface area contributed by atoms with Gasteiger partial charge in [0.15, 0.2) is 5.82 Å². The Bertz CT molecular complexity index is 433. The van der Waals surface area contributed by atoms with Gasteiger partial charge in [0.05, 0.1) is 10.6 Å². The summed E-state index contributed by atoms with van der Waals surface area (Å²) in [7, 11) is 1.98. The molecule has 0 aliphatic carbocycles. The maximum absolute atomic E-state index is 5.63. The van der Waals surface area contributed by atoms with E-state index in [0.717, 1.165) is 21.0 Å². The molecule has 0 atom stereocenters. The van der Waals surface area contributed by atoms with Crippen molar-refractivity contribution in [1.29, 1.82) is 0 Å². The molecule has 0 spiro atoms. The largest absolute Gasteiger partial charge is 0.328 e. The van der Waals surface area contributed by atoms with E-state index >= 15 is 0 Å². The van der Waals surface area contributed by atoms with E-state index in [1.807, 2.05) is 23.1 Å². The third kappa shape index (κ3) is 1.51. The van der Waals surface area contributed by atoms with Gasteiger partial charge < -0.3 is 10.3 Å². The summed E-state index contributed by atoms with van der Waals surface area (Å²) in [5.41, 5.74) is 6.65. The minimum Gasteiger partial charge on any atom is -0.328 e. The zero-order chi connectivity index (χ0) is 10.1. The van der Waals surface area contributed by atoms with Crippen LogP contribution in [0.3, 0.4) is 0 Å². The number of halogens is 1. The van der Waals surface area contributed by atoms with Crippen molar-refractivity contribution in [3.8, 4) is 10.7 Å². The molecule has 0 bridgehead atoms. The first-order chi connectivity index (χ1) is 6.74. The van der Waals surface area contributed by atoms with Gasteiger partial charge >= 0.3 is 0 Å². The van der Waals surface area contributed by atoms with Gasteiger partial charge in [-0.15, -0.1) is 11.3 Å². The summed E-state index contributed by atoms with van der Waals surface area (Å²) in [5, 5.41) is 2.04. The molecular weight excluding hydrogens is 262 g/mol. The van der Waals surface area contributed by atoms with Crippen LogP contribution < -0.4 is 5.73 Å². The van der Waals surface area contributed by atoms with Gasteiger partial charge in [0.2, 0.25) is 0 Å². The van der Waals surface area contributed by atoms with E-state index in [0.29, 0.717) is 6.54 Å². The number of thiophene rings is 1. The zero-order valence-electron chi connectivity index (χ0n) is 7.70. The van der Waals surface area contributed by atoms with Gasteiger partial charge in [-0.1, -0.05) is 6.07 Å². The summed E-state index contributed by atoms with van der Waals surface area (Å²) in [6.45, 7) is 0.495. The van der Waals surface area contributed by atoms with Gasteiger partial charge in [0.1, 0.15) is 4.60 Å². The van der Waals surface area contributed by atoms with E-state index in [1.54, 1.807) is 11.3 Å². The molecular formula is C9H10BrN3S. The SMILES string of the molecule is Cn1c(-c2cccs2)nc(Br)c1CN. The lowest BCUT2D eigenvalue weighted by Gasteiger charge is -2.01. The van der Waals surface area contributed by atoms with Crippen LogP contribution in [0.15, 0.2) is 22.1 Å². The summed E-state index contributed by atoms with van der Waals surface area (Å²) < 4.78 is 2.86. The van der Waals surface area contributed by atoms with Crippen molar-refractivity contribution in [2.24, 2.45) is 12.8 Å². The van der Waals surface area contributed by atoms with Crippen LogP contribution in [-0.4, -0.2) is 9.55 Å². The normalized spacial score (nSPS) is 10.8. The molecule has 0 amide bonds. The monoisotopic (exact) mass is 271 g/mol. The standard InChI is InChI=1S/C9H10BrN3S/c1-13-6(5-11)8(10)12-9(13)7-3-2-4-14-7/h2-4H,5,11H2,1H3. The lowest BCUT2D eigenvalue weighted by molar-refractivity contribution is 0.826. The molecule has 0 aliphatic heterocycles. The highest BCUT2D eigenvalue weighted by atomic mass is 79.9. The number of nitrogens with two attached hydrogens (primary N) is 1. The van der Waals surface area contributed by atoms with Crippen molar-refractivity contribution in [2.75, 3.05) is 0 Å². The molecule has 0 fully saturated rings. The van der Waals surface area contributed by atoms with E-state index in [-0.39, 0.29) is 0 Å². The lowest BCUT2D eigenvalue weighted by Crippen LogP contribution is -2.04. The molecule has 0 radical (unpaired) electrons. The molecule has 0 unspecified atom stereocenters. The summed E-state index contributed by atoms with van der Waals surface area (Å²) >= 11 is 5.08. The summed E-state index contributed by atoms with van der Waals surface area (Å²) in [6.07, 6.45) is 0. The Morgan fingerprint density at radius 1 is 1.64 bits per heavy atom. The molecule has 14 heavy (non-hydrogen) atoms. The van der Waals surface area contributed by atoms with Crippen LogP contribution in [0.5, 0.6) is 0 Å². The third-order valence-corrected chi connectivity index (χ3v) is 3.60. The second-order valence-corrected chi connectivity index (χ2v) is 4.61. The third-order valence-electron chi connectivity index (χ3n) is 2.10. The molecule has 0 aliphatic rings. The first-order valence-corrected chi connectivity index (χ1v) is 5.86. The number of nitrogens with zero attached hydrogens (tertiary/aromatic N) is 2. The van der Waals surface area contributed by atoms with Gasteiger partial charge in [-0.05, 0) is 27.4 Å². The molecule has 0 saturated carbocycles. The van der Waals surface area contributed by atoms with Crippen LogP contribution >= 0.6 is 27.3 Å². The van der Waals surface area contributed by atoms with Crippen LogP contribution in [0.4, 0.5) is 0 Å². The van der Waals surface area contributed by atoms with Crippen LogP contribution in [0, 0.1) is 0 Å². The van der Waals surface area contributed by atoms with Crippen molar-refractivity contribution in [2.45, 2.75) is 6.54 Å². The van der Waals surface area contributed by atoms with Crippen molar-refractivity contribution in [3.05, 3.63) is 27.8 Å². The average Bonchev–Trinajstić information content (AvgIpc) is 2.74. The Hall–Kier alpha value is -0.650. The Morgan fingerprint density at radius 2 is 2.43 bits per heavy atom. The van der Waals surface area contributed by atoms with Gasteiger partial charge in [-0.3, -0.25) is 0 Å². The lowest BCUT2D eigenvalue weighted by atomic mass is 10.4.